The van der Waals surface area contributed by atoms with Crippen molar-refractivity contribution in [2.75, 3.05) is 5.73 Å². The molecule has 0 bridgehead atoms. The van der Waals surface area contributed by atoms with E-state index in [0.717, 1.165) is 17.0 Å². The molecule has 3 aromatic rings. The van der Waals surface area contributed by atoms with E-state index in [9.17, 15) is 4.79 Å². The first-order chi connectivity index (χ1) is 11.4. The number of aromatic amines is 1. The summed E-state index contributed by atoms with van der Waals surface area (Å²) in [5.74, 6) is -0.288. The van der Waals surface area contributed by atoms with Crippen LogP contribution in [0.4, 0.5) is 5.95 Å². The third-order valence-electron chi connectivity index (χ3n) is 3.50. The van der Waals surface area contributed by atoms with E-state index in [4.69, 9.17) is 5.73 Å². The van der Waals surface area contributed by atoms with E-state index in [1.165, 1.54) is 11.3 Å². The molecular formula is C15H17N7OS. The van der Waals surface area contributed by atoms with Gasteiger partial charge in [-0.25, -0.2) is 15.0 Å². The Morgan fingerprint density at radius 3 is 2.75 bits per heavy atom. The molecule has 9 heteroatoms. The molecule has 0 aliphatic heterocycles. The maximum Gasteiger partial charge on any atom is 0.270 e. The number of hydrogen-bond donors (Lipinski definition) is 3. The Bertz CT molecular complexity index is 886. The molecule has 0 saturated carbocycles. The zero-order valence-electron chi connectivity index (χ0n) is 13.5. The van der Waals surface area contributed by atoms with Gasteiger partial charge in [-0.3, -0.25) is 9.89 Å². The lowest BCUT2D eigenvalue weighted by molar-refractivity contribution is 0.0935. The van der Waals surface area contributed by atoms with Crippen LogP contribution in [0.5, 0.6) is 0 Å². The quantitative estimate of drug-likeness (QED) is 0.666. The molecule has 0 spiro atoms. The Labute approximate surface area is 142 Å². The Morgan fingerprint density at radius 2 is 2.12 bits per heavy atom. The molecule has 3 rings (SSSR count). The van der Waals surface area contributed by atoms with E-state index in [-0.39, 0.29) is 23.6 Å². The molecule has 24 heavy (non-hydrogen) atoms. The molecular weight excluding hydrogens is 326 g/mol. The van der Waals surface area contributed by atoms with Crippen LogP contribution in [0.15, 0.2) is 17.6 Å². The van der Waals surface area contributed by atoms with E-state index in [1.807, 2.05) is 26.2 Å². The van der Waals surface area contributed by atoms with Crippen molar-refractivity contribution in [1.29, 1.82) is 0 Å². The molecule has 3 heterocycles. The van der Waals surface area contributed by atoms with Gasteiger partial charge in [-0.15, -0.1) is 11.3 Å². The minimum absolute atomic E-state index is 0.0395. The fraction of sp³-hybridized carbons (Fsp3) is 0.267. The first-order valence-electron chi connectivity index (χ1n) is 7.32. The number of nitrogens with zero attached hydrogens (tertiary/aromatic N) is 4. The monoisotopic (exact) mass is 343 g/mol. The molecule has 1 unspecified atom stereocenters. The van der Waals surface area contributed by atoms with Crippen molar-refractivity contribution < 1.29 is 4.79 Å². The number of rotatable bonds is 4. The molecule has 0 aliphatic rings. The fourth-order valence-electron chi connectivity index (χ4n) is 2.32. The highest BCUT2D eigenvalue weighted by atomic mass is 32.1. The number of anilines is 1. The minimum atomic E-state index is -0.327. The second-order valence-corrected chi connectivity index (χ2v) is 6.27. The van der Waals surface area contributed by atoms with Gasteiger partial charge in [-0.1, -0.05) is 0 Å². The molecule has 4 N–H and O–H groups in total. The number of aryl methyl sites for hydroxylation is 2. The first kappa shape index (κ1) is 16.1. The number of aromatic nitrogens is 5. The van der Waals surface area contributed by atoms with Crippen molar-refractivity contribution >= 4 is 23.2 Å². The Hall–Kier alpha value is -2.81. The number of nitrogen functional groups attached to an aromatic ring is 1. The summed E-state index contributed by atoms with van der Waals surface area (Å²) < 4.78 is 0. The third kappa shape index (κ3) is 3.25. The second kappa shape index (κ2) is 6.36. The van der Waals surface area contributed by atoms with Crippen LogP contribution >= 0.6 is 11.3 Å². The van der Waals surface area contributed by atoms with Crippen molar-refractivity contribution in [3.8, 4) is 10.7 Å². The van der Waals surface area contributed by atoms with Crippen molar-refractivity contribution in [2.45, 2.75) is 26.8 Å². The Balaban J connectivity index is 1.85. The van der Waals surface area contributed by atoms with Gasteiger partial charge in [0.1, 0.15) is 16.4 Å². The maximum atomic E-state index is 12.5. The highest BCUT2D eigenvalue weighted by Crippen LogP contribution is 2.23. The summed E-state index contributed by atoms with van der Waals surface area (Å²) in [4.78, 5) is 25.1. The Kier molecular flexibility index (Phi) is 4.26. The number of thiazole rings is 1. The average Bonchev–Trinajstić information content (AvgIpc) is 3.15. The predicted molar refractivity (Wildman–Crippen MR) is 91.5 cm³/mol. The Morgan fingerprint density at radius 1 is 1.33 bits per heavy atom. The van der Waals surface area contributed by atoms with Crippen LogP contribution in [0.3, 0.4) is 0 Å². The van der Waals surface area contributed by atoms with Gasteiger partial charge < -0.3 is 11.1 Å². The topological polar surface area (TPSA) is 122 Å². The van der Waals surface area contributed by atoms with E-state index in [1.54, 1.807) is 12.3 Å². The fourth-order valence-corrected chi connectivity index (χ4v) is 3.07. The van der Waals surface area contributed by atoms with Crippen molar-refractivity contribution in [2.24, 2.45) is 0 Å². The molecule has 0 saturated heterocycles. The molecule has 0 radical (unpaired) electrons. The number of nitrogens with one attached hydrogen (secondary N) is 2. The number of hydrogen-bond acceptors (Lipinski definition) is 7. The van der Waals surface area contributed by atoms with Gasteiger partial charge >= 0.3 is 0 Å². The minimum Gasteiger partial charge on any atom is -0.368 e. The van der Waals surface area contributed by atoms with E-state index >= 15 is 0 Å². The standard InChI is InChI=1S/C15H17N7OS/c1-7-6-24-14(18-7)12-4-11(20-15(16)21-12)13(23)19-8(2)10-5-17-22-9(10)3/h4-6,8H,1-3H3,(H,17,22)(H,19,23)(H2,16,20,21). The van der Waals surface area contributed by atoms with Crippen LogP contribution in [0, 0.1) is 13.8 Å². The number of carbonyl (C=O) groups excluding carboxylic acids is 1. The van der Waals surface area contributed by atoms with Crippen LogP contribution in [0.1, 0.15) is 40.4 Å². The lowest BCUT2D eigenvalue weighted by Crippen LogP contribution is -2.28. The molecule has 8 nitrogen and oxygen atoms in total. The SMILES string of the molecule is Cc1csc(-c2cc(C(=O)NC(C)c3c[nH]nc3C)nc(N)n2)n1. The zero-order chi connectivity index (χ0) is 17.3. The highest BCUT2D eigenvalue weighted by Gasteiger charge is 2.18. The first-order valence-corrected chi connectivity index (χ1v) is 8.20. The van der Waals surface area contributed by atoms with Gasteiger partial charge in [0.15, 0.2) is 0 Å². The maximum absolute atomic E-state index is 12.5. The molecule has 124 valence electrons. The predicted octanol–water partition coefficient (Wildman–Crippen LogP) is 2.01. The van der Waals surface area contributed by atoms with Crippen LogP contribution in [0.25, 0.3) is 10.7 Å². The third-order valence-corrected chi connectivity index (χ3v) is 4.48. The van der Waals surface area contributed by atoms with Gasteiger partial charge in [0.05, 0.1) is 11.7 Å². The normalized spacial score (nSPS) is 12.1. The van der Waals surface area contributed by atoms with E-state index < -0.39 is 0 Å². The van der Waals surface area contributed by atoms with Gasteiger partial charge in [-0.05, 0) is 26.8 Å². The highest BCUT2D eigenvalue weighted by molar-refractivity contribution is 7.13. The largest absolute Gasteiger partial charge is 0.368 e. The summed E-state index contributed by atoms with van der Waals surface area (Å²) in [5.41, 5.74) is 9.14. The second-order valence-electron chi connectivity index (χ2n) is 5.41. The van der Waals surface area contributed by atoms with Crippen LogP contribution in [-0.2, 0) is 0 Å². The molecule has 1 amide bonds. The molecule has 1 atom stereocenters. The van der Waals surface area contributed by atoms with Gasteiger partial charge in [0.25, 0.3) is 5.91 Å². The summed E-state index contributed by atoms with van der Waals surface area (Å²) in [6, 6.07) is 1.39. The zero-order valence-corrected chi connectivity index (χ0v) is 14.3. The van der Waals surface area contributed by atoms with E-state index in [2.05, 4.69) is 30.5 Å². The smallest absolute Gasteiger partial charge is 0.270 e. The summed E-state index contributed by atoms with van der Waals surface area (Å²) in [7, 11) is 0. The number of carbonyl (C=O) groups is 1. The lowest BCUT2D eigenvalue weighted by Gasteiger charge is -2.13. The number of amides is 1. The van der Waals surface area contributed by atoms with E-state index in [0.29, 0.717) is 10.7 Å². The molecule has 3 aromatic heterocycles. The molecule has 0 aliphatic carbocycles. The van der Waals surface area contributed by atoms with Gasteiger partial charge in [0, 0.05) is 22.8 Å². The van der Waals surface area contributed by atoms with Gasteiger partial charge in [0.2, 0.25) is 5.95 Å². The van der Waals surface area contributed by atoms with Crippen LogP contribution in [0.2, 0.25) is 0 Å². The van der Waals surface area contributed by atoms with Crippen molar-refractivity contribution in [1.82, 2.24) is 30.5 Å². The van der Waals surface area contributed by atoms with Crippen LogP contribution < -0.4 is 11.1 Å². The van der Waals surface area contributed by atoms with Gasteiger partial charge in [-0.2, -0.15) is 5.10 Å². The van der Waals surface area contributed by atoms with Crippen LogP contribution in [-0.4, -0.2) is 31.1 Å². The summed E-state index contributed by atoms with van der Waals surface area (Å²) in [5, 5.41) is 12.3. The number of nitrogens with two attached hydrogens (primary N) is 1. The summed E-state index contributed by atoms with van der Waals surface area (Å²) >= 11 is 1.44. The summed E-state index contributed by atoms with van der Waals surface area (Å²) in [6.45, 7) is 5.65. The molecule has 0 fully saturated rings. The van der Waals surface area contributed by atoms with Crippen molar-refractivity contribution in [3.05, 3.63) is 40.3 Å². The molecule has 0 aromatic carbocycles. The summed E-state index contributed by atoms with van der Waals surface area (Å²) in [6.07, 6.45) is 1.76. The number of H-pyrrole nitrogens is 1. The average molecular weight is 343 g/mol. The van der Waals surface area contributed by atoms with Crippen molar-refractivity contribution in [3.63, 3.8) is 0 Å². The lowest BCUT2D eigenvalue weighted by atomic mass is 10.1.